The maximum absolute atomic E-state index is 12.9. The van der Waals surface area contributed by atoms with Gasteiger partial charge < -0.3 is 9.31 Å². The van der Waals surface area contributed by atoms with Crippen LogP contribution in [-0.2, 0) is 19.5 Å². The topological polar surface area (TPSA) is 52.6 Å². The molecule has 1 heterocycles. The molecule has 4 nitrogen and oxygen atoms in total. The fourth-order valence-corrected chi connectivity index (χ4v) is 2.82. The normalized spacial score (nSPS) is 20.8. The van der Waals surface area contributed by atoms with Crippen LogP contribution in [0.5, 0.6) is 0 Å². The Morgan fingerprint density at radius 2 is 1.65 bits per heavy atom. The Bertz CT molecular complexity index is 695. The Balaban J connectivity index is 2.27. The van der Waals surface area contributed by atoms with Crippen LogP contribution in [0.3, 0.4) is 0 Å². The summed E-state index contributed by atoms with van der Waals surface area (Å²) in [5.41, 5.74) is 0.622. The molecule has 0 bridgehead atoms. The van der Waals surface area contributed by atoms with Gasteiger partial charge in [-0.15, -0.1) is 3.89 Å². The van der Waals surface area contributed by atoms with E-state index in [1.165, 1.54) is 24.3 Å². The van der Waals surface area contributed by atoms with Gasteiger partial charge in [-0.3, -0.25) is 0 Å². The van der Waals surface area contributed by atoms with E-state index in [-0.39, 0.29) is 4.90 Å². The number of thiol groups is 1. The molecule has 8 heteroatoms. The van der Waals surface area contributed by atoms with E-state index >= 15 is 0 Å². The molecule has 0 atom stereocenters. The summed E-state index contributed by atoms with van der Waals surface area (Å²) in [7, 11) is -5.21. The summed E-state index contributed by atoms with van der Waals surface area (Å²) in [4.78, 5) is -0.363. The summed E-state index contributed by atoms with van der Waals surface area (Å²) in [6.07, 6.45) is 1.81. The summed E-state index contributed by atoms with van der Waals surface area (Å²) >= 11 is 4.32. The average Bonchev–Trinajstić information content (AvgIpc) is 2.64. The first-order chi connectivity index (χ1) is 10.5. The predicted molar refractivity (Wildman–Crippen MR) is 92.6 cm³/mol. The highest BCUT2D eigenvalue weighted by Crippen LogP contribution is 2.39. The zero-order chi connectivity index (χ0) is 17.5. The Labute approximate surface area is 142 Å². The number of hydrogen-bond acceptors (Lipinski definition) is 5. The van der Waals surface area contributed by atoms with Crippen molar-refractivity contribution in [3.05, 3.63) is 35.3 Å². The molecule has 0 saturated carbocycles. The second kappa shape index (κ2) is 6.24. The third kappa shape index (κ3) is 3.99. The van der Waals surface area contributed by atoms with Crippen molar-refractivity contribution >= 4 is 36.0 Å². The van der Waals surface area contributed by atoms with Gasteiger partial charge in [0.15, 0.2) is 0 Å². The molecule has 1 aromatic rings. The molecule has 0 amide bonds. The van der Waals surface area contributed by atoms with E-state index in [0.29, 0.717) is 5.75 Å². The summed E-state index contributed by atoms with van der Waals surface area (Å²) in [5, 5.41) is 0. The van der Waals surface area contributed by atoms with Gasteiger partial charge in [-0.1, -0.05) is 18.2 Å². The van der Waals surface area contributed by atoms with Crippen molar-refractivity contribution in [1.82, 2.24) is 0 Å². The third-order valence-electron chi connectivity index (χ3n) is 4.25. The predicted octanol–water partition coefficient (Wildman–Crippen LogP) is 3.29. The molecule has 1 aromatic carbocycles. The fraction of sp³-hybridized carbons (Fsp3) is 0.467. The van der Waals surface area contributed by atoms with Gasteiger partial charge >= 0.3 is 17.3 Å². The van der Waals surface area contributed by atoms with E-state index in [2.05, 4.69) is 12.6 Å². The molecule has 0 aliphatic carbocycles. The second-order valence-corrected chi connectivity index (χ2v) is 8.14. The Kier molecular flexibility index (Phi) is 5.02. The minimum absolute atomic E-state index is 0.363. The van der Waals surface area contributed by atoms with Crippen molar-refractivity contribution < 1.29 is 21.6 Å². The first kappa shape index (κ1) is 18.5. The SMILES string of the molecule is CC1(C)OB(C(=Cc2ccc(S(=O)(=O)F)cc2)CS)OC1(C)C. The van der Waals surface area contributed by atoms with E-state index in [1.807, 2.05) is 33.8 Å². The first-order valence-corrected chi connectivity index (χ1v) is 9.19. The van der Waals surface area contributed by atoms with Gasteiger partial charge in [0.25, 0.3) is 0 Å². The molecule has 23 heavy (non-hydrogen) atoms. The van der Waals surface area contributed by atoms with E-state index < -0.39 is 28.5 Å². The molecule has 1 fully saturated rings. The maximum atomic E-state index is 12.9. The molecule has 2 rings (SSSR count). The van der Waals surface area contributed by atoms with Crippen LogP contribution in [0.2, 0.25) is 0 Å². The highest BCUT2D eigenvalue weighted by molar-refractivity contribution is 7.86. The summed E-state index contributed by atoms with van der Waals surface area (Å²) < 4.78 is 46.5. The van der Waals surface area contributed by atoms with Gasteiger partial charge in [-0.2, -0.15) is 21.0 Å². The molecule has 0 radical (unpaired) electrons. The highest BCUT2D eigenvalue weighted by atomic mass is 32.3. The van der Waals surface area contributed by atoms with Crippen molar-refractivity contribution in [2.24, 2.45) is 0 Å². The molecule has 126 valence electrons. The third-order valence-corrected chi connectivity index (χ3v) is 5.45. The lowest BCUT2D eigenvalue weighted by molar-refractivity contribution is 0.00578. The zero-order valence-electron chi connectivity index (χ0n) is 13.5. The molecular formula is C15H20BFO4S2. The molecular weight excluding hydrogens is 338 g/mol. The maximum Gasteiger partial charge on any atom is 0.491 e. The molecule has 0 aromatic heterocycles. The second-order valence-electron chi connectivity index (χ2n) is 6.47. The number of rotatable bonds is 4. The summed E-state index contributed by atoms with van der Waals surface area (Å²) in [6.45, 7) is 7.85. The van der Waals surface area contributed by atoms with Gasteiger partial charge in [-0.05, 0) is 50.9 Å². The standard InChI is InChI=1S/C15H20BFO4S2/c1-14(2)15(3,4)21-16(20-14)12(10-22)9-11-5-7-13(8-6-11)23(17,18)19/h5-9,22H,10H2,1-4H3. The van der Waals surface area contributed by atoms with Gasteiger partial charge in [0.2, 0.25) is 0 Å². The smallest absolute Gasteiger partial charge is 0.400 e. The lowest BCUT2D eigenvalue weighted by Crippen LogP contribution is -2.41. The van der Waals surface area contributed by atoms with Gasteiger partial charge in [-0.25, -0.2) is 0 Å². The van der Waals surface area contributed by atoms with Crippen LogP contribution in [0.4, 0.5) is 3.89 Å². The minimum atomic E-state index is -4.69. The zero-order valence-corrected chi connectivity index (χ0v) is 15.2. The van der Waals surface area contributed by atoms with Crippen LogP contribution in [0.15, 0.2) is 34.6 Å². The Morgan fingerprint density at radius 1 is 1.17 bits per heavy atom. The average molecular weight is 358 g/mol. The van der Waals surface area contributed by atoms with Gasteiger partial charge in [0, 0.05) is 5.75 Å². The van der Waals surface area contributed by atoms with Crippen LogP contribution in [0.25, 0.3) is 6.08 Å². The van der Waals surface area contributed by atoms with Crippen LogP contribution in [0, 0.1) is 0 Å². The van der Waals surface area contributed by atoms with E-state index in [0.717, 1.165) is 11.0 Å². The van der Waals surface area contributed by atoms with E-state index in [1.54, 1.807) is 0 Å². The van der Waals surface area contributed by atoms with Crippen molar-refractivity contribution in [2.45, 2.75) is 43.8 Å². The van der Waals surface area contributed by atoms with E-state index in [4.69, 9.17) is 9.31 Å². The molecule has 1 aliphatic heterocycles. The Morgan fingerprint density at radius 3 is 2.04 bits per heavy atom. The van der Waals surface area contributed by atoms with E-state index in [9.17, 15) is 12.3 Å². The summed E-state index contributed by atoms with van der Waals surface area (Å²) in [6, 6.07) is 5.51. The van der Waals surface area contributed by atoms with Crippen molar-refractivity contribution in [3.8, 4) is 0 Å². The quantitative estimate of drug-likeness (QED) is 0.510. The van der Waals surface area contributed by atoms with Crippen LogP contribution < -0.4 is 0 Å². The molecule has 0 spiro atoms. The first-order valence-electron chi connectivity index (χ1n) is 7.18. The fourth-order valence-electron chi connectivity index (χ4n) is 2.12. The van der Waals surface area contributed by atoms with Crippen molar-refractivity contribution in [3.63, 3.8) is 0 Å². The highest BCUT2D eigenvalue weighted by Gasteiger charge is 2.52. The van der Waals surface area contributed by atoms with Crippen LogP contribution >= 0.6 is 12.6 Å². The largest absolute Gasteiger partial charge is 0.491 e. The molecule has 1 saturated heterocycles. The number of hydrogen-bond donors (Lipinski definition) is 1. The minimum Gasteiger partial charge on any atom is -0.400 e. The summed E-state index contributed by atoms with van der Waals surface area (Å²) in [5.74, 6) is 0.417. The lowest BCUT2D eigenvalue weighted by atomic mass is 9.78. The van der Waals surface area contributed by atoms with Crippen LogP contribution in [0.1, 0.15) is 33.3 Å². The van der Waals surface area contributed by atoms with Crippen LogP contribution in [-0.4, -0.2) is 32.5 Å². The van der Waals surface area contributed by atoms with Crippen molar-refractivity contribution in [1.29, 1.82) is 0 Å². The number of benzene rings is 1. The van der Waals surface area contributed by atoms with Gasteiger partial charge in [0.1, 0.15) is 0 Å². The molecule has 1 aliphatic rings. The Hall–Kier alpha value is -0.825. The lowest BCUT2D eigenvalue weighted by Gasteiger charge is -2.32. The molecule has 0 N–H and O–H groups in total. The monoisotopic (exact) mass is 358 g/mol. The van der Waals surface area contributed by atoms with Gasteiger partial charge in [0.05, 0.1) is 16.1 Å². The molecule has 0 unspecified atom stereocenters. The van der Waals surface area contributed by atoms with Crippen molar-refractivity contribution in [2.75, 3.05) is 5.75 Å². The number of halogens is 1.